The lowest BCUT2D eigenvalue weighted by Gasteiger charge is -2.44. The normalized spacial score (nSPS) is 27.3. The summed E-state index contributed by atoms with van der Waals surface area (Å²) in [5.74, 6) is 0.930. The predicted octanol–water partition coefficient (Wildman–Crippen LogP) is 3.95. The van der Waals surface area contributed by atoms with E-state index in [4.69, 9.17) is 17.3 Å². The molecule has 1 saturated carbocycles. The van der Waals surface area contributed by atoms with Crippen LogP contribution in [0, 0.1) is 5.92 Å². The minimum Gasteiger partial charge on any atom is -0.326 e. The van der Waals surface area contributed by atoms with Crippen molar-refractivity contribution < 1.29 is 0 Å². The number of nitrogens with zero attached hydrogens (tertiary/aromatic N) is 1. The summed E-state index contributed by atoms with van der Waals surface area (Å²) in [6.07, 6.45) is 8.42. The minimum atomic E-state index is 0.564. The highest BCUT2D eigenvalue weighted by atomic mass is 35.5. The van der Waals surface area contributed by atoms with Gasteiger partial charge in [0.1, 0.15) is 0 Å². The molecule has 0 radical (unpaired) electrons. The van der Waals surface area contributed by atoms with Crippen molar-refractivity contribution in [2.75, 3.05) is 6.54 Å². The van der Waals surface area contributed by atoms with Gasteiger partial charge in [-0.1, -0.05) is 36.6 Å². The number of likely N-dealkylation sites (tertiary alicyclic amines) is 1. The van der Waals surface area contributed by atoms with Gasteiger partial charge in [0.2, 0.25) is 0 Å². The van der Waals surface area contributed by atoms with Crippen LogP contribution in [0.15, 0.2) is 18.2 Å². The summed E-state index contributed by atoms with van der Waals surface area (Å²) < 4.78 is 0. The van der Waals surface area contributed by atoms with Gasteiger partial charge in [0.15, 0.2) is 0 Å². The number of fused-ring (bicyclic) bond motifs is 1. The highest BCUT2D eigenvalue weighted by molar-refractivity contribution is 6.31. The van der Waals surface area contributed by atoms with E-state index in [0.717, 1.165) is 29.1 Å². The van der Waals surface area contributed by atoms with Crippen LogP contribution >= 0.6 is 11.6 Å². The van der Waals surface area contributed by atoms with Crippen LogP contribution in [0.1, 0.15) is 49.7 Å². The molecule has 0 amide bonds. The van der Waals surface area contributed by atoms with E-state index in [0.29, 0.717) is 6.54 Å². The van der Waals surface area contributed by atoms with E-state index in [2.05, 4.69) is 17.0 Å². The van der Waals surface area contributed by atoms with E-state index in [1.165, 1.54) is 50.6 Å². The fourth-order valence-corrected chi connectivity index (χ4v) is 4.25. The van der Waals surface area contributed by atoms with E-state index >= 15 is 0 Å². The van der Waals surface area contributed by atoms with E-state index < -0.39 is 0 Å². The van der Waals surface area contributed by atoms with Crippen LogP contribution in [0.5, 0.6) is 0 Å². The van der Waals surface area contributed by atoms with Gasteiger partial charge in [0, 0.05) is 24.2 Å². The third kappa shape index (κ3) is 3.03. The van der Waals surface area contributed by atoms with Gasteiger partial charge in [-0.2, -0.15) is 0 Å². The highest BCUT2D eigenvalue weighted by Crippen LogP contribution is 2.36. The van der Waals surface area contributed by atoms with Crippen LogP contribution in [0.4, 0.5) is 0 Å². The van der Waals surface area contributed by atoms with Crippen molar-refractivity contribution in [3.05, 3.63) is 34.3 Å². The topological polar surface area (TPSA) is 29.3 Å². The lowest BCUT2D eigenvalue weighted by atomic mass is 9.78. The molecule has 0 spiro atoms. The van der Waals surface area contributed by atoms with Crippen LogP contribution in [0.3, 0.4) is 0 Å². The maximum atomic E-state index is 6.42. The molecule has 2 fully saturated rings. The molecule has 3 rings (SSSR count). The summed E-state index contributed by atoms with van der Waals surface area (Å²) in [5, 5.41) is 0.880. The van der Waals surface area contributed by atoms with Crippen molar-refractivity contribution in [2.45, 2.75) is 57.7 Å². The molecule has 3 heteroatoms. The largest absolute Gasteiger partial charge is 0.326 e. The first kappa shape index (κ1) is 14.4. The Kier molecular flexibility index (Phi) is 4.65. The number of hydrogen-bond donors (Lipinski definition) is 1. The maximum Gasteiger partial charge on any atom is 0.0454 e. The standard InChI is InChI=1S/C17H25ClN2/c18-16-10-13(11-19)7-8-15(16)12-20-9-3-5-14-4-1-2-6-17(14)20/h7-8,10,14,17H,1-6,9,11-12,19H2. The second-order valence-electron chi connectivity index (χ2n) is 6.35. The molecule has 2 atom stereocenters. The van der Waals surface area contributed by atoms with Crippen LogP contribution in [0.2, 0.25) is 5.02 Å². The number of nitrogens with two attached hydrogens (primary N) is 1. The first-order valence-electron chi connectivity index (χ1n) is 7.99. The zero-order valence-electron chi connectivity index (χ0n) is 12.2. The molecule has 20 heavy (non-hydrogen) atoms. The maximum absolute atomic E-state index is 6.42. The number of rotatable bonds is 3. The molecule has 110 valence electrons. The van der Waals surface area contributed by atoms with Crippen molar-refractivity contribution in [1.29, 1.82) is 0 Å². The van der Waals surface area contributed by atoms with E-state index in [9.17, 15) is 0 Å². The van der Waals surface area contributed by atoms with Crippen LogP contribution in [0.25, 0.3) is 0 Å². The minimum absolute atomic E-state index is 0.564. The smallest absolute Gasteiger partial charge is 0.0454 e. The number of hydrogen-bond acceptors (Lipinski definition) is 2. The molecule has 1 aromatic rings. The van der Waals surface area contributed by atoms with Crippen molar-refractivity contribution in [3.63, 3.8) is 0 Å². The Labute approximate surface area is 127 Å². The third-order valence-corrected chi connectivity index (χ3v) is 5.44. The zero-order valence-corrected chi connectivity index (χ0v) is 12.9. The fourth-order valence-electron chi connectivity index (χ4n) is 3.99. The quantitative estimate of drug-likeness (QED) is 0.914. The van der Waals surface area contributed by atoms with Gasteiger partial charge in [-0.15, -0.1) is 0 Å². The molecule has 1 aliphatic carbocycles. The summed E-state index contributed by atoms with van der Waals surface area (Å²) in [6.45, 7) is 2.80. The first-order valence-corrected chi connectivity index (χ1v) is 8.37. The third-order valence-electron chi connectivity index (χ3n) is 5.08. The lowest BCUT2D eigenvalue weighted by molar-refractivity contribution is 0.0547. The van der Waals surface area contributed by atoms with Gasteiger partial charge in [0.25, 0.3) is 0 Å². The van der Waals surface area contributed by atoms with Crippen molar-refractivity contribution in [3.8, 4) is 0 Å². The predicted molar refractivity (Wildman–Crippen MR) is 84.7 cm³/mol. The van der Waals surface area contributed by atoms with Crippen molar-refractivity contribution in [1.82, 2.24) is 4.90 Å². The Morgan fingerprint density at radius 2 is 1.95 bits per heavy atom. The molecule has 2 nitrogen and oxygen atoms in total. The lowest BCUT2D eigenvalue weighted by Crippen LogP contribution is -2.46. The molecule has 1 saturated heterocycles. The van der Waals surface area contributed by atoms with Crippen LogP contribution < -0.4 is 5.73 Å². The SMILES string of the molecule is NCc1ccc(CN2CCCC3CCCCC32)c(Cl)c1. The summed E-state index contributed by atoms with van der Waals surface area (Å²) >= 11 is 6.42. The van der Waals surface area contributed by atoms with E-state index in [1.807, 2.05) is 6.07 Å². The van der Waals surface area contributed by atoms with Crippen molar-refractivity contribution >= 4 is 11.6 Å². The van der Waals surface area contributed by atoms with Crippen LogP contribution in [-0.4, -0.2) is 17.5 Å². The second kappa shape index (κ2) is 6.46. The van der Waals surface area contributed by atoms with E-state index in [1.54, 1.807) is 0 Å². The number of halogens is 1. The molecule has 1 heterocycles. The van der Waals surface area contributed by atoms with Gasteiger partial charge in [-0.3, -0.25) is 4.90 Å². The highest BCUT2D eigenvalue weighted by Gasteiger charge is 2.33. The molecule has 2 N–H and O–H groups in total. The number of benzene rings is 1. The monoisotopic (exact) mass is 292 g/mol. The molecule has 2 aliphatic rings. The zero-order chi connectivity index (χ0) is 13.9. The molecule has 1 aliphatic heterocycles. The Bertz CT molecular complexity index is 458. The molecule has 1 aromatic carbocycles. The van der Waals surface area contributed by atoms with Gasteiger partial charge in [0.05, 0.1) is 0 Å². The van der Waals surface area contributed by atoms with Gasteiger partial charge in [-0.05, 0) is 55.3 Å². The molecular formula is C17H25ClN2. The summed E-state index contributed by atoms with van der Waals surface area (Å²) in [6, 6.07) is 7.10. The Morgan fingerprint density at radius 1 is 1.15 bits per heavy atom. The van der Waals surface area contributed by atoms with Gasteiger partial charge >= 0.3 is 0 Å². The molecule has 0 aromatic heterocycles. The Hall–Kier alpha value is -0.570. The van der Waals surface area contributed by atoms with Gasteiger partial charge in [-0.25, -0.2) is 0 Å². The Balaban J connectivity index is 1.72. The molecule has 0 bridgehead atoms. The van der Waals surface area contributed by atoms with Crippen LogP contribution in [-0.2, 0) is 13.1 Å². The van der Waals surface area contributed by atoms with E-state index in [-0.39, 0.29) is 0 Å². The molecule has 2 unspecified atom stereocenters. The second-order valence-corrected chi connectivity index (χ2v) is 6.76. The van der Waals surface area contributed by atoms with Gasteiger partial charge < -0.3 is 5.73 Å². The average Bonchev–Trinajstić information content (AvgIpc) is 2.49. The average molecular weight is 293 g/mol. The summed E-state index contributed by atoms with van der Waals surface area (Å²) in [4.78, 5) is 2.68. The summed E-state index contributed by atoms with van der Waals surface area (Å²) in [7, 11) is 0. The van der Waals surface area contributed by atoms with Crippen molar-refractivity contribution in [2.24, 2.45) is 11.7 Å². The molecular weight excluding hydrogens is 268 g/mol. The summed E-state index contributed by atoms with van der Waals surface area (Å²) in [5.41, 5.74) is 8.05. The fraction of sp³-hybridized carbons (Fsp3) is 0.647. The Morgan fingerprint density at radius 3 is 2.75 bits per heavy atom. The number of piperidine rings is 1. The first-order chi connectivity index (χ1) is 9.78.